The molecule has 4 heterocycles. The number of pyridine rings is 1. The number of carbonyl (C=O) groups is 2. The molecule has 6 heteroatoms. The van der Waals surface area contributed by atoms with Crippen molar-refractivity contribution in [1.82, 2.24) is 15.2 Å². The summed E-state index contributed by atoms with van der Waals surface area (Å²) in [6.45, 7) is 0. The molecule has 0 aliphatic carbocycles. The zero-order valence-corrected chi connectivity index (χ0v) is 14.3. The lowest BCUT2D eigenvalue weighted by atomic mass is 9.86. The molecule has 26 heavy (non-hydrogen) atoms. The van der Waals surface area contributed by atoms with E-state index >= 15 is 0 Å². The second-order valence-corrected chi connectivity index (χ2v) is 7.39. The van der Waals surface area contributed by atoms with Crippen molar-refractivity contribution in [2.75, 3.05) is 5.32 Å². The number of benzene rings is 1. The highest BCUT2D eigenvalue weighted by Crippen LogP contribution is 2.46. The van der Waals surface area contributed by atoms with Gasteiger partial charge in [-0.15, -0.1) is 0 Å². The van der Waals surface area contributed by atoms with Crippen molar-refractivity contribution in [1.29, 1.82) is 0 Å². The third-order valence-electron chi connectivity index (χ3n) is 5.86. The summed E-state index contributed by atoms with van der Waals surface area (Å²) in [6.07, 6.45) is 6.44. The van der Waals surface area contributed by atoms with Crippen LogP contribution in [-0.2, 0) is 11.2 Å². The van der Waals surface area contributed by atoms with Crippen LogP contribution in [0.25, 0.3) is 0 Å². The Morgan fingerprint density at radius 3 is 2.92 bits per heavy atom. The molecule has 1 aromatic carbocycles. The fraction of sp³-hybridized carbons (Fsp3) is 0.350. The van der Waals surface area contributed by atoms with Crippen molar-refractivity contribution in [2.45, 2.75) is 43.4 Å². The highest BCUT2D eigenvalue weighted by molar-refractivity contribution is 6.02. The third kappa shape index (κ3) is 2.21. The first-order valence-corrected chi connectivity index (χ1v) is 9.06. The molecule has 5 rings (SSSR count). The van der Waals surface area contributed by atoms with E-state index in [0.717, 1.165) is 30.5 Å². The van der Waals surface area contributed by atoms with E-state index in [1.807, 2.05) is 41.3 Å². The Hall–Kier alpha value is -2.89. The SMILES string of the molecule is O=C1N[C@]2(C[C@H]3CC[C@@H]2N3C(=O)Cc2cccnc2)Nc2ccccc21. The van der Waals surface area contributed by atoms with Gasteiger partial charge >= 0.3 is 0 Å². The molecule has 2 bridgehead atoms. The van der Waals surface area contributed by atoms with Crippen LogP contribution in [-0.4, -0.2) is 39.4 Å². The molecule has 0 unspecified atom stereocenters. The first-order chi connectivity index (χ1) is 12.7. The van der Waals surface area contributed by atoms with Crippen LogP contribution in [0.5, 0.6) is 0 Å². The second kappa shape index (κ2) is 5.56. The molecule has 1 spiro atoms. The number of carbonyl (C=O) groups excluding carboxylic acids is 2. The van der Waals surface area contributed by atoms with Gasteiger partial charge in [0, 0.05) is 30.5 Å². The van der Waals surface area contributed by atoms with Gasteiger partial charge in [-0.3, -0.25) is 14.6 Å². The number of hydrogen-bond acceptors (Lipinski definition) is 4. The fourth-order valence-corrected chi connectivity index (χ4v) is 4.82. The van der Waals surface area contributed by atoms with Gasteiger partial charge in [0.05, 0.1) is 18.0 Å². The summed E-state index contributed by atoms with van der Waals surface area (Å²) in [5, 5.41) is 6.72. The number of rotatable bonds is 2. The normalized spacial score (nSPS) is 28.6. The summed E-state index contributed by atoms with van der Waals surface area (Å²) in [5.41, 5.74) is 1.88. The maximum atomic E-state index is 13.0. The Balaban J connectivity index is 1.43. The maximum absolute atomic E-state index is 13.0. The molecule has 1 aromatic heterocycles. The minimum atomic E-state index is -0.557. The fourth-order valence-electron chi connectivity index (χ4n) is 4.82. The van der Waals surface area contributed by atoms with Crippen molar-refractivity contribution in [2.24, 2.45) is 0 Å². The second-order valence-electron chi connectivity index (χ2n) is 7.39. The summed E-state index contributed by atoms with van der Waals surface area (Å²) >= 11 is 0. The molecule has 2 N–H and O–H groups in total. The van der Waals surface area contributed by atoms with E-state index in [4.69, 9.17) is 0 Å². The predicted octanol–water partition coefficient (Wildman–Crippen LogP) is 1.94. The van der Waals surface area contributed by atoms with Crippen LogP contribution >= 0.6 is 0 Å². The van der Waals surface area contributed by atoms with Crippen molar-refractivity contribution in [3.05, 3.63) is 59.9 Å². The Morgan fingerprint density at radius 2 is 2.08 bits per heavy atom. The van der Waals surface area contributed by atoms with Crippen LogP contribution in [0.4, 0.5) is 5.69 Å². The molecule has 2 fully saturated rings. The van der Waals surface area contributed by atoms with Crippen LogP contribution in [0.2, 0.25) is 0 Å². The van der Waals surface area contributed by atoms with Gasteiger partial charge in [0.2, 0.25) is 5.91 Å². The largest absolute Gasteiger partial charge is 0.360 e. The third-order valence-corrected chi connectivity index (χ3v) is 5.86. The van der Waals surface area contributed by atoms with Gasteiger partial charge in [0.15, 0.2) is 0 Å². The van der Waals surface area contributed by atoms with E-state index in [2.05, 4.69) is 15.6 Å². The molecule has 3 aliphatic rings. The average molecular weight is 348 g/mol. The molecule has 2 saturated heterocycles. The van der Waals surface area contributed by atoms with E-state index in [0.29, 0.717) is 12.0 Å². The topological polar surface area (TPSA) is 74.3 Å². The smallest absolute Gasteiger partial charge is 0.255 e. The van der Waals surface area contributed by atoms with E-state index in [-0.39, 0.29) is 23.9 Å². The lowest BCUT2D eigenvalue weighted by molar-refractivity contribution is -0.132. The lowest BCUT2D eigenvalue weighted by Gasteiger charge is -2.43. The number of fused-ring (bicyclic) bond motifs is 4. The summed E-state index contributed by atoms with van der Waals surface area (Å²) in [5.74, 6) is 0.0452. The molecule has 2 aromatic rings. The number of amides is 2. The van der Waals surface area contributed by atoms with Gasteiger partial charge < -0.3 is 15.5 Å². The summed E-state index contributed by atoms with van der Waals surface area (Å²) < 4.78 is 0. The maximum Gasteiger partial charge on any atom is 0.255 e. The molecule has 0 saturated carbocycles. The van der Waals surface area contributed by atoms with E-state index < -0.39 is 5.66 Å². The zero-order valence-electron chi connectivity index (χ0n) is 14.3. The first-order valence-electron chi connectivity index (χ1n) is 9.06. The molecule has 3 aliphatic heterocycles. The van der Waals surface area contributed by atoms with Crippen LogP contribution < -0.4 is 10.6 Å². The van der Waals surface area contributed by atoms with Gasteiger partial charge in [-0.1, -0.05) is 18.2 Å². The highest BCUT2D eigenvalue weighted by atomic mass is 16.2. The lowest BCUT2D eigenvalue weighted by Crippen LogP contribution is -2.64. The number of nitrogens with zero attached hydrogens (tertiary/aromatic N) is 2. The molecule has 132 valence electrons. The summed E-state index contributed by atoms with van der Waals surface area (Å²) in [4.78, 5) is 31.7. The number of para-hydroxylation sites is 1. The Kier molecular flexibility index (Phi) is 3.29. The standard InChI is InChI=1S/C20H20N4O2/c25-18(10-13-4-3-9-21-12-13)24-14-7-8-17(24)20(11-14)22-16-6-2-1-5-15(16)19(26)23-20/h1-6,9,12,14,17,22H,7-8,10-11H2,(H,23,26)/t14-,17+,20+/m1/s1. The molecule has 0 radical (unpaired) electrons. The number of aromatic nitrogens is 1. The number of anilines is 1. The Bertz CT molecular complexity index is 884. The van der Waals surface area contributed by atoms with Gasteiger partial charge in [-0.2, -0.15) is 0 Å². The van der Waals surface area contributed by atoms with Gasteiger partial charge in [-0.25, -0.2) is 0 Å². The minimum absolute atomic E-state index is 0.0195. The monoisotopic (exact) mass is 348 g/mol. The van der Waals surface area contributed by atoms with E-state index in [1.165, 1.54) is 0 Å². The molecule has 2 amide bonds. The minimum Gasteiger partial charge on any atom is -0.360 e. The summed E-state index contributed by atoms with van der Waals surface area (Å²) in [7, 11) is 0. The number of nitrogens with one attached hydrogen (secondary N) is 2. The average Bonchev–Trinajstić information content (AvgIpc) is 3.18. The van der Waals surface area contributed by atoms with Gasteiger partial charge in [0.1, 0.15) is 5.66 Å². The quantitative estimate of drug-likeness (QED) is 0.870. The highest BCUT2D eigenvalue weighted by Gasteiger charge is 2.59. The first kappa shape index (κ1) is 15.4. The number of hydrogen-bond donors (Lipinski definition) is 2. The predicted molar refractivity (Wildman–Crippen MR) is 96.5 cm³/mol. The molecular formula is C20H20N4O2. The van der Waals surface area contributed by atoms with Crippen LogP contribution in [0.3, 0.4) is 0 Å². The van der Waals surface area contributed by atoms with Crippen LogP contribution in [0, 0.1) is 0 Å². The van der Waals surface area contributed by atoms with E-state index in [1.54, 1.807) is 12.4 Å². The van der Waals surface area contributed by atoms with Crippen molar-refractivity contribution < 1.29 is 9.59 Å². The molecule has 6 nitrogen and oxygen atoms in total. The molecular weight excluding hydrogens is 328 g/mol. The van der Waals surface area contributed by atoms with Crippen molar-refractivity contribution in [3.63, 3.8) is 0 Å². The Morgan fingerprint density at radius 1 is 1.19 bits per heavy atom. The molecule has 3 atom stereocenters. The summed E-state index contributed by atoms with van der Waals surface area (Å²) in [6, 6.07) is 11.5. The zero-order chi connectivity index (χ0) is 17.7. The van der Waals surface area contributed by atoms with Crippen molar-refractivity contribution in [3.8, 4) is 0 Å². The van der Waals surface area contributed by atoms with Crippen LogP contribution in [0.1, 0.15) is 35.2 Å². The van der Waals surface area contributed by atoms with Crippen LogP contribution in [0.15, 0.2) is 48.8 Å². The van der Waals surface area contributed by atoms with Gasteiger partial charge in [-0.05, 0) is 36.6 Å². The Labute approximate surface area is 151 Å². The van der Waals surface area contributed by atoms with E-state index in [9.17, 15) is 9.59 Å². The van der Waals surface area contributed by atoms with Gasteiger partial charge in [0.25, 0.3) is 5.91 Å². The van der Waals surface area contributed by atoms with Crippen molar-refractivity contribution >= 4 is 17.5 Å².